The van der Waals surface area contributed by atoms with Gasteiger partial charge in [-0.2, -0.15) is 4.31 Å². The van der Waals surface area contributed by atoms with E-state index in [0.717, 1.165) is 6.26 Å². The number of carbonyl (C=O) groups excluding carboxylic acids is 1. The van der Waals surface area contributed by atoms with E-state index in [9.17, 15) is 18.0 Å². The Kier molecular flexibility index (Phi) is 3.95. The summed E-state index contributed by atoms with van der Waals surface area (Å²) < 4.78 is 24.0. The third-order valence-corrected chi connectivity index (χ3v) is 4.51. The fourth-order valence-corrected chi connectivity index (χ4v) is 2.91. The van der Waals surface area contributed by atoms with E-state index >= 15 is 0 Å². The lowest BCUT2D eigenvalue weighted by molar-refractivity contribution is -0.143. The standard InChI is InChI=1S/C10H15N3O6S/c1-20(17,18)13-4-2-12(3-5-13)9(14)8-6-7(10(15)16)11-19-8/h8H,2-6H2,1H3,(H,15,16). The number of carboxylic acids is 1. The maximum atomic E-state index is 12.1. The van der Waals surface area contributed by atoms with Crippen LogP contribution >= 0.6 is 0 Å². The van der Waals surface area contributed by atoms with E-state index < -0.39 is 22.1 Å². The van der Waals surface area contributed by atoms with Crippen molar-refractivity contribution in [3.63, 3.8) is 0 Å². The molecule has 112 valence electrons. The van der Waals surface area contributed by atoms with Crippen molar-refractivity contribution in [2.45, 2.75) is 12.5 Å². The Morgan fingerprint density at radius 2 is 1.90 bits per heavy atom. The van der Waals surface area contributed by atoms with Crippen molar-refractivity contribution in [2.24, 2.45) is 5.16 Å². The fourth-order valence-electron chi connectivity index (χ4n) is 2.08. The zero-order valence-electron chi connectivity index (χ0n) is 10.9. The summed E-state index contributed by atoms with van der Waals surface area (Å²) in [7, 11) is -3.25. The Hall–Kier alpha value is -1.68. The minimum absolute atomic E-state index is 0.0690. The van der Waals surface area contributed by atoms with Gasteiger partial charge >= 0.3 is 5.97 Å². The van der Waals surface area contributed by atoms with Crippen LogP contribution < -0.4 is 0 Å². The van der Waals surface area contributed by atoms with Gasteiger partial charge in [0.05, 0.1) is 6.26 Å². The van der Waals surface area contributed by atoms with Crippen LogP contribution in [0.15, 0.2) is 5.16 Å². The SMILES string of the molecule is CS(=O)(=O)N1CCN(C(=O)C2CC(C(=O)O)=NO2)CC1. The van der Waals surface area contributed by atoms with E-state index in [2.05, 4.69) is 5.16 Å². The number of oxime groups is 1. The van der Waals surface area contributed by atoms with Gasteiger partial charge in [-0.1, -0.05) is 5.16 Å². The van der Waals surface area contributed by atoms with Crippen molar-refractivity contribution < 1.29 is 28.0 Å². The molecule has 0 bridgehead atoms. The lowest BCUT2D eigenvalue weighted by Crippen LogP contribution is -2.52. The molecule has 1 amide bonds. The maximum Gasteiger partial charge on any atom is 0.353 e. The summed E-state index contributed by atoms with van der Waals surface area (Å²) in [5.74, 6) is -1.57. The molecule has 2 rings (SSSR count). The number of rotatable bonds is 3. The lowest BCUT2D eigenvalue weighted by atomic mass is 10.1. The molecule has 1 fully saturated rings. The van der Waals surface area contributed by atoms with Crippen molar-refractivity contribution in [1.29, 1.82) is 0 Å². The highest BCUT2D eigenvalue weighted by atomic mass is 32.2. The molecule has 0 aromatic heterocycles. The topological polar surface area (TPSA) is 117 Å². The smallest absolute Gasteiger partial charge is 0.353 e. The van der Waals surface area contributed by atoms with Gasteiger partial charge in [0.2, 0.25) is 16.1 Å². The number of hydrogen-bond acceptors (Lipinski definition) is 6. The molecule has 1 saturated heterocycles. The first kappa shape index (κ1) is 14.7. The van der Waals surface area contributed by atoms with E-state index in [0.29, 0.717) is 0 Å². The second kappa shape index (κ2) is 5.37. The van der Waals surface area contributed by atoms with Crippen LogP contribution in [-0.4, -0.2) is 78.9 Å². The van der Waals surface area contributed by atoms with Crippen molar-refractivity contribution in [3.8, 4) is 0 Å². The van der Waals surface area contributed by atoms with Crippen molar-refractivity contribution in [1.82, 2.24) is 9.21 Å². The zero-order chi connectivity index (χ0) is 14.9. The monoisotopic (exact) mass is 305 g/mol. The molecule has 0 spiro atoms. The highest BCUT2D eigenvalue weighted by Gasteiger charge is 2.36. The van der Waals surface area contributed by atoms with Gasteiger partial charge in [-0.25, -0.2) is 13.2 Å². The summed E-state index contributed by atoms with van der Waals surface area (Å²) in [4.78, 5) is 29.1. The van der Waals surface area contributed by atoms with Gasteiger partial charge in [0.25, 0.3) is 5.91 Å². The Bertz CT molecular complexity index is 549. The van der Waals surface area contributed by atoms with Gasteiger partial charge in [0.15, 0.2) is 5.71 Å². The molecule has 0 aromatic carbocycles. The Balaban J connectivity index is 1.89. The summed E-state index contributed by atoms with van der Waals surface area (Å²) in [5.41, 5.74) is -0.182. The Morgan fingerprint density at radius 1 is 1.30 bits per heavy atom. The normalized spacial score (nSPS) is 24.1. The number of aliphatic carboxylic acids is 1. The number of hydrogen-bond donors (Lipinski definition) is 1. The Morgan fingerprint density at radius 3 is 2.35 bits per heavy atom. The number of amides is 1. The first-order valence-electron chi connectivity index (χ1n) is 5.99. The van der Waals surface area contributed by atoms with Crippen LogP contribution in [0, 0.1) is 0 Å². The summed E-state index contributed by atoms with van der Waals surface area (Å²) in [6.45, 7) is 0.968. The van der Waals surface area contributed by atoms with Crippen LogP contribution in [-0.2, 0) is 24.4 Å². The average molecular weight is 305 g/mol. The van der Waals surface area contributed by atoms with Crippen LogP contribution in [0.25, 0.3) is 0 Å². The predicted octanol–water partition coefficient (Wildman–Crippen LogP) is -1.68. The van der Waals surface area contributed by atoms with E-state index in [1.165, 1.54) is 9.21 Å². The number of sulfonamides is 1. The molecule has 2 aliphatic heterocycles. The van der Waals surface area contributed by atoms with Crippen molar-refractivity contribution in [2.75, 3.05) is 32.4 Å². The van der Waals surface area contributed by atoms with Gasteiger partial charge in [-0.05, 0) is 0 Å². The molecule has 9 nitrogen and oxygen atoms in total. The lowest BCUT2D eigenvalue weighted by Gasteiger charge is -2.33. The molecule has 1 unspecified atom stereocenters. The summed E-state index contributed by atoms with van der Waals surface area (Å²) in [6.07, 6.45) is 0.128. The van der Waals surface area contributed by atoms with Gasteiger partial charge in [-0.15, -0.1) is 0 Å². The number of piperazine rings is 1. The van der Waals surface area contributed by atoms with Gasteiger partial charge < -0.3 is 14.8 Å². The van der Waals surface area contributed by atoms with Crippen LogP contribution in [0.1, 0.15) is 6.42 Å². The van der Waals surface area contributed by atoms with E-state index in [-0.39, 0.29) is 44.2 Å². The molecule has 20 heavy (non-hydrogen) atoms. The second-order valence-electron chi connectivity index (χ2n) is 4.63. The molecular formula is C10H15N3O6S. The van der Waals surface area contributed by atoms with E-state index in [1.807, 2.05) is 0 Å². The van der Waals surface area contributed by atoms with Crippen molar-refractivity contribution >= 4 is 27.6 Å². The average Bonchev–Trinajstić information content (AvgIpc) is 2.86. The van der Waals surface area contributed by atoms with Crippen LogP contribution in [0.5, 0.6) is 0 Å². The third kappa shape index (κ3) is 3.07. The summed E-state index contributed by atoms with van der Waals surface area (Å²) in [6, 6.07) is 0. The first-order chi connectivity index (χ1) is 9.29. The molecule has 2 heterocycles. The minimum Gasteiger partial charge on any atom is -0.477 e. The maximum absolute atomic E-state index is 12.1. The van der Waals surface area contributed by atoms with Gasteiger partial charge in [0, 0.05) is 32.6 Å². The quantitative estimate of drug-likeness (QED) is 0.665. The van der Waals surface area contributed by atoms with Crippen LogP contribution in [0.4, 0.5) is 0 Å². The molecule has 0 saturated carbocycles. The molecule has 10 heteroatoms. The molecule has 1 atom stereocenters. The number of nitrogens with zero attached hydrogens (tertiary/aromatic N) is 3. The number of carboxylic acid groups (broad SMARTS) is 1. The predicted molar refractivity (Wildman–Crippen MR) is 67.6 cm³/mol. The highest BCUT2D eigenvalue weighted by molar-refractivity contribution is 7.88. The third-order valence-electron chi connectivity index (χ3n) is 3.21. The molecule has 0 aliphatic carbocycles. The molecule has 1 N–H and O–H groups in total. The molecule has 0 radical (unpaired) electrons. The fraction of sp³-hybridized carbons (Fsp3) is 0.700. The van der Waals surface area contributed by atoms with E-state index in [4.69, 9.17) is 9.94 Å². The minimum atomic E-state index is -3.25. The first-order valence-corrected chi connectivity index (χ1v) is 7.84. The van der Waals surface area contributed by atoms with Crippen LogP contribution in [0.2, 0.25) is 0 Å². The highest BCUT2D eigenvalue weighted by Crippen LogP contribution is 2.15. The summed E-state index contributed by atoms with van der Waals surface area (Å²) >= 11 is 0. The molecule has 0 aromatic rings. The largest absolute Gasteiger partial charge is 0.477 e. The molecule has 2 aliphatic rings. The van der Waals surface area contributed by atoms with Gasteiger partial charge in [0.1, 0.15) is 0 Å². The second-order valence-corrected chi connectivity index (χ2v) is 6.61. The van der Waals surface area contributed by atoms with Gasteiger partial charge in [-0.3, -0.25) is 4.79 Å². The Labute approximate surface area is 115 Å². The van der Waals surface area contributed by atoms with Crippen molar-refractivity contribution in [3.05, 3.63) is 0 Å². The zero-order valence-corrected chi connectivity index (χ0v) is 11.7. The van der Waals surface area contributed by atoms with E-state index in [1.54, 1.807) is 0 Å². The summed E-state index contributed by atoms with van der Waals surface area (Å²) in [5, 5.41) is 12.1. The molecular weight excluding hydrogens is 290 g/mol. The van der Waals surface area contributed by atoms with Crippen LogP contribution in [0.3, 0.4) is 0 Å². The number of carbonyl (C=O) groups is 2.